The summed E-state index contributed by atoms with van der Waals surface area (Å²) in [6, 6.07) is 0.558. The van der Waals surface area contributed by atoms with Gasteiger partial charge in [0.15, 0.2) is 0 Å². The molecule has 0 aliphatic heterocycles. The van der Waals surface area contributed by atoms with Crippen LogP contribution in [0.25, 0.3) is 0 Å². The normalized spacial score (nSPS) is 19.4. The average Bonchev–Trinajstić information content (AvgIpc) is 2.78. The second kappa shape index (κ2) is 6.50. The predicted molar refractivity (Wildman–Crippen MR) is 74.5 cm³/mol. The Morgan fingerprint density at radius 2 is 2.18 bits per heavy atom. The van der Waals surface area contributed by atoms with Crippen molar-refractivity contribution < 1.29 is 0 Å². The molecular formula is C14H24N2S. The lowest BCUT2D eigenvalue weighted by atomic mass is 9.83. The van der Waals surface area contributed by atoms with Crippen molar-refractivity contribution in [3.8, 4) is 0 Å². The molecule has 17 heavy (non-hydrogen) atoms. The van der Waals surface area contributed by atoms with Gasteiger partial charge >= 0.3 is 0 Å². The fourth-order valence-electron chi connectivity index (χ4n) is 2.85. The van der Waals surface area contributed by atoms with Gasteiger partial charge in [-0.25, -0.2) is 4.98 Å². The van der Waals surface area contributed by atoms with Gasteiger partial charge in [0.1, 0.15) is 0 Å². The molecule has 2 rings (SSSR count). The zero-order valence-corrected chi connectivity index (χ0v) is 11.9. The number of aromatic nitrogens is 1. The number of rotatable bonds is 5. The molecule has 0 amide bonds. The van der Waals surface area contributed by atoms with Gasteiger partial charge in [-0.05, 0) is 38.6 Å². The number of hydrogen-bond donors (Lipinski definition) is 1. The minimum Gasteiger partial charge on any atom is -0.309 e. The third-order valence-electron chi connectivity index (χ3n) is 3.80. The van der Waals surface area contributed by atoms with Crippen LogP contribution in [0.1, 0.15) is 62.1 Å². The van der Waals surface area contributed by atoms with E-state index in [1.165, 1.54) is 49.1 Å². The van der Waals surface area contributed by atoms with Crippen LogP contribution < -0.4 is 5.32 Å². The Hall–Kier alpha value is -0.410. The number of nitrogens with one attached hydrogen (secondary N) is 1. The highest BCUT2D eigenvalue weighted by molar-refractivity contribution is 7.09. The molecule has 96 valence electrons. The maximum absolute atomic E-state index is 4.42. The standard InChI is InChI=1S/C14H24N2S/c1-3-9-15-13(12-7-5-4-6-8-12)14-11(2)16-10-17-14/h10,12-13,15H,3-9H2,1-2H3. The largest absolute Gasteiger partial charge is 0.309 e. The third kappa shape index (κ3) is 3.29. The maximum atomic E-state index is 4.42. The first-order valence-electron chi connectivity index (χ1n) is 6.96. The molecule has 1 aromatic rings. The van der Waals surface area contributed by atoms with E-state index >= 15 is 0 Å². The summed E-state index contributed by atoms with van der Waals surface area (Å²) in [7, 11) is 0. The minimum atomic E-state index is 0.558. The molecule has 3 heteroatoms. The van der Waals surface area contributed by atoms with Crippen LogP contribution >= 0.6 is 11.3 Å². The van der Waals surface area contributed by atoms with Crippen LogP contribution in [0, 0.1) is 12.8 Å². The fraction of sp³-hybridized carbons (Fsp3) is 0.786. The first kappa shape index (κ1) is 13.0. The highest BCUT2D eigenvalue weighted by atomic mass is 32.1. The Morgan fingerprint density at radius 1 is 1.41 bits per heavy atom. The molecule has 1 aliphatic rings. The van der Waals surface area contributed by atoms with E-state index in [1.54, 1.807) is 0 Å². The Kier molecular flexibility index (Phi) is 4.99. The van der Waals surface area contributed by atoms with Gasteiger partial charge in [0.2, 0.25) is 0 Å². The van der Waals surface area contributed by atoms with Gasteiger partial charge in [0.05, 0.1) is 11.2 Å². The Bertz CT molecular complexity index is 329. The summed E-state index contributed by atoms with van der Waals surface area (Å²) < 4.78 is 0. The first-order chi connectivity index (χ1) is 8.33. The van der Waals surface area contributed by atoms with Gasteiger partial charge in [-0.2, -0.15) is 0 Å². The van der Waals surface area contributed by atoms with Gasteiger partial charge in [-0.1, -0.05) is 26.2 Å². The second-order valence-electron chi connectivity index (χ2n) is 5.13. The monoisotopic (exact) mass is 252 g/mol. The van der Waals surface area contributed by atoms with E-state index in [0.29, 0.717) is 6.04 Å². The van der Waals surface area contributed by atoms with Crippen molar-refractivity contribution >= 4 is 11.3 Å². The SMILES string of the molecule is CCCNC(c1scnc1C)C1CCCCC1. The minimum absolute atomic E-state index is 0.558. The molecule has 2 nitrogen and oxygen atoms in total. The Balaban J connectivity index is 2.09. The lowest BCUT2D eigenvalue weighted by molar-refractivity contribution is 0.274. The highest BCUT2D eigenvalue weighted by Crippen LogP contribution is 2.36. The van der Waals surface area contributed by atoms with Crippen LogP contribution in [0.15, 0.2) is 5.51 Å². The first-order valence-corrected chi connectivity index (χ1v) is 7.84. The average molecular weight is 252 g/mol. The van der Waals surface area contributed by atoms with E-state index in [2.05, 4.69) is 24.1 Å². The zero-order chi connectivity index (χ0) is 12.1. The summed E-state index contributed by atoms with van der Waals surface area (Å²) in [5, 5.41) is 3.75. The predicted octanol–water partition coefficient (Wildman–Crippen LogP) is 4.07. The van der Waals surface area contributed by atoms with E-state index < -0.39 is 0 Å². The maximum Gasteiger partial charge on any atom is 0.0798 e. The molecule has 1 N–H and O–H groups in total. The number of nitrogens with zero attached hydrogens (tertiary/aromatic N) is 1. The molecule has 1 fully saturated rings. The zero-order valence-electron chi connectivity index (χ0n) is 11.0. The van der Waals surface area contributed by atoms with Crippen molar-refractivity contribution in [2.45, 2.75) is 58.4 Å². The second-order valence-corrected chi connectivity index (χ2v) is 6.02. The van der Waals surface area contributed by atoms with Crippen LogP contribution in [0.4, 0.5) is 0 Å². The van der Waals surface area contributed by atoms with Crippen molar-refractivity contribution in [2.75, 3.05) is 6.54 Å². The fourth-order valence-corrected chi connectivity index (χ4v) is 3.82. The van der Waals surface area contributed by atoms with Crippen molar-refractivity contribution in [3.05, 3.63) is 16.1 Å². The quantitative estimate of drug-likeness (QED) is 0.854. The lowest BCUT2D eigenvalue weighted by Crippen LogP contribution is -2.30. The Labute approximate surface area is 109 Å². The van der Waals surface area contributed by atoms with Gasteiger partial charge in [-0.15, -0.1) is 11.3 Å². The molecule has 0 radical (unpaired) electrons. The van der Waals surface area contributed by atoms with Crippen LogP contribution in [0.5, 0.6) is 0 Å². The molecule has 1 aromatic heterocycles. The molecule has 1 saturated carbocycles. The van der Waals surface area contributed by atoms with E-state index in [-0.39, 0.29) is 0 Å². The van der Waals surface area contributed by atoms with E-state index in [9.17, 15) is 0 Å². The van der Waals surface area contributed by atoms with Crippen molar-refractivity contribution in [2.24, 2.45) is 5.92 Å². The molecular weight excluding hydrogens is 228 g/mol. The molecule has 1 atom stereocenters. The van der Waals surface area contributed by atoms with Crippen LogP contribution in [-0.2, 0) is 0 Å². The number of thiazole rings is 1. The van der Waals surface area contributed by atoms with Crippen molar-refractivity contribution in [1.29, 1.82) is 0 Å². The summed E-state index contributed by atoms with van der Waals surface area (Å²) in [6.07, 6.45) is 8.23. The summed E-state index contributed by atoms with van der Waals surface area (Å²) in [5.74, 6) is 0.828. The highest BCUT2D eigenvalue weighted by Gasteiger charge is 2.26. The van der Waals surface area contributed by atoms with Crippen molar-refractivity contribution in [1.82, 2.24) is 10.3 Å². The van der Waals surface area contributed by atoms with E-state index in [4.69, 9.17) is 0 Å². The smallest absolute Gasteiger partial charge is 0.0798 e. The molecule has 0 spiro atoms. The molecule has 1 aliphatic carbocycles. The topological polar surface area (TPSA) is 24.9 Å². The third-order valence-corrected chi connectivity index (χ3v) is 4.81. The summed E-state index contributed by atoms with van der Waals surface area (Å²) >= 11 is 1.83. The van der Waals surface area contributed by atoms with Gasteiger partial charge < -0.3 is 5.32 Å². The van der Waals surface area contributed by atoms with Crippen LogP contribution in [0.2, 0.25) is 0 Å². The van der Waals surface area contributed by atoms with Crippen LogP contribution in [-0.4, -0.2) is 11.5 Å². The van der Waals surface area contributed by atoms with Crippen molar-refractivity contribution in [3.63, 3.8) is 0 Å². The molecule has 0 saturated heterocycles. The number of aryl methyl sites for hydroxylation is 1. The summed E-state index contributed by atoms with van der Waals surface area (Å²) in [4.78, 5) is 5.90. The molecule has 1 unspecified atom stereocenters. The number of hydrogen-bond acceptors (Lipinski definition) is 3. The van der Waals surface area contributed by atoms with Crippen LogP contribution in [0.3, 0.4) is 0 Å². The lowest BCUT2D eigenvalue weighted by Gasteiger charge is -2.30. The van der Waals surface area contributed by atoms with E-state index in [1.807, 2.05) is 16.8 Å². The Morgan fingerprint density at radius 3 is 2.76 bits per heavy atom. The van der Waals surface area contributed by atoms with Gasteiger partial charge in [-0.3, -0.25) is 0 Å². The van der Waals surface area contributed by atoms with Gasteiger partial charge in [0, 0.05) is 10.9 Å². The molecule has 0 bridgehead atoms. The molecule has 1 heterocycles. The van der Waals surface area contributed by atoms with E-state index in [0.717, 1.165) is 12.5 Å². The summed E-state index contributed by atoms with van der Waals surface area (Å²) in [6.45, 7) is 5.51. The molecule has 0 aromatic carbocycles. The van der Waals surface area contributed by atoms with Gasteiger partial charge in [0.25, 0.3) is 0 Å². The summed E-state index contributed by atoms with van der Waals surface area (Å²) in [5.41, 5.74) is 3.22.